The molecule has 0 fully saturated rings. The first-order valence-corrected chi connectivity index (χ1v) is 10.3. The van der Waals surface area contributed by atoms with Crippen LogP contribution >= 0.6 is 15.9 Å². The van der Waals surface area contributed by atoms with Crippen LogP contribution in [0, 0.1) is 6.92 Å². The van der Waals surface area contributed by atoms with Gasteiger partial charge in [-0.05, 0) is 56.2 Å². The van der Waals surface area contributed by atoms with Crippen molar-refractivity contribution in [1.29, 1.82) is 0 Å². The zero-order valence-corrected chi connectivity index (χ0v) is 18.1. The number of para-hydroxylation sites is 2. The summed E-state index contributed by atoms with van der Waals surface area (Å²) < 4.78 is 2.81. The highest BCUT2D eigenvalue weighted by Gasteiger charge is 2.25. The third kappa shape index (κ3) is 3.35. The van der Waals surface area contributed by atoms with Crippen molar-refractivity contribution in [2.75, 3.05) is 5.73 Å². The summed E-state index contributed by atoms with van der Waals surface area (Å²) in [6.45, 7) is 6.00. The molecular weight excluding hydrogens is 430 g/mol. The second kappa shape index (κ2) is 7.48. The number of nitrogen functional groups attached to an aromatic ring is 1. The number of halogens is 1. The van der Waals surface area contributed by atoms with Gasteiger partial charge in [-0.3, -0.25) is 9.36 Å². The summed E-state index contributed by atoms with van der Waals surface area (Å²) in [5.74, 6) is 0.0943. The Bertz CT molecular complexity index is 1250. The van der Waals surface area contributed by atoms with E-state index in [1.807, 2.05) is 63.2 Å². The predicted molar refractivity (Wildman–Crippen MR) is 120 cm³/mol. The maximum absolute atomic E-state index is 13.1. The second-order valence-corrected chi connectivity index (χ2v) is 8.05. The smallest absolute Gasteiger partial charge is 0.257 e. The van der Waals surface area contributed by atoms with E-state index in [-0.39, 0.29) is 11.9 Å². The molecule has 3 N–H and O–H groups in total. The molecule has 0 radical (unpaired) electrons. The van der Waals surface area contributed by atoms with Crippen molar-refractivity contribution in [3.05, 3.63) is 58.1 Å². The number of anilines is 1. The van der Waals surface area contributed by atoms with E-state index in [0.29, 0.717) is 22.5 Å². The lowest BCUT2D eigenvalue weighted by atomic mass is 10.2. The van der Waals surface area contributed by atoms with Crippen LogP contribution in [0.4, 0.5) is 5.82 Å². The van der Waals surface area contributed by atoms with Crippen molar-refractivity contribution in [3.8, 4) is 5.69 Å². The van der Waals surface area contributed by atoms with E-state index in [1.165, 1.54) is 0 Å². The van der Waals surface area contributed by atoms with Gasteiger partial charge in [-0.1, -0.05) is 35.0 Å². The molecular formula is C22H22BrN5O. The van der Waals surface area contributed by atoms with Gasteiger partial charge in [0.15, 0.2) is 5.65 Å². The number of hydrogen-bond acceptors (Lipinski definition) is 4. The molecule has 2 heterocycles. The van der Waals surface area contributed by atoms with Crippen molar-refractivity contribution < 1.29 is 4.79 Å². The van der Waals surface area contributed by atoms with Crippen LogP contribution in [-0.4, -0.2) is 26.5 Å². The zero-order valence-electron chi connectivity index (χ0n) is 16.5. The molecule has 1 atom stereocenters. The van der Waals surface area contributed by atoms with E-state index >= 15 is 0 Å². The van der Waals surface area contributed by atoms with Crippen LogP contribution in [0.15, 0.2) is 46.9 Å². The Labute approximate surface area is 177 Å². The van der Waals surface area contributed by atoms with Gasteiger partial charge >= 0.3 is 0 Å². The fraction of sp³-hybridized carbons (Fsp3) is 0.227. The van der Waals surface area contributed by atoms with Crippen LogP contribution in [0.1, 0.15) is 36.2 Å². The number of benzene rings is 2. The van der Waals surface area contributed by atoms with Gasteiger partial charge in [0.25, 0.3) is 5.91 Å². The lowest BCUT2D eigenvalue weighted by Gasteiger charge is -2.12. The molecule has 29 heavy (non-hydrogen) atoms. The average molecular weight is 452 g/mol. The lowest BCUT2D eigenvalue weighted by Crippen LogP contribution is -2.32. The maximum Gasteiger partial charge on any atom is 0.257 e. The van der Waals surface area contributed by atoms with Crippen molar-refractivity contribution in [1.82, 2.24) is 19.9 Å². The highest BCUT2D eigenvalue weighted by molar-refractivity contribution is 9.10. The van der Waals surface area contributed by atoms with Crippen LogP contribution in [0.3, 0.4) is 0 Å². The van der Waals surface area contributed by atoms with Gasteiger partial charge in [-0.25, -0.2) is 9.97 Å². The van der Waals surface area contributed by atoms with E-state index < -0.39 is 0 Å². The average Bonchev–Trinajstić information content (AvgIpc) is 2.99. The number of fused-ring (bicyclic) bond motifs is 2. The van der Waals surface area contributed by atoms with Crippen LogP contribution in [0.25, 0.3) is 27.9 Å². The first-order valence-electron chi connectivity index (χ1n) is 9.54. The zero-order chi connectivity index (χ0) is 20.7. The Balaban J connectivity index is 2.04. The number of amides is 1. The number of nitrogens with two attached hydrogens (primary N) is 1. The maximum atomic E-state index is 13.1. The standard InChI is InChI=1S/C22H22BrN5O/c1-4-13(3)25-22(29)18-19-21(27-17-8-6-5-7-16(17)26-19)28(20(18)24)14-9-10-15(23)12(2)11-14/h5-11,13H,4,24H2,1-3H3,(H,25,29). The molecule has 0 aliphatic heterocycles. The summed E-state index contributed by atoms with van der Waals surface area (Å²) in [7, 11) is 0. The van der Waals surface area contributed by atoms with Gasteiger partial charge in [-0.15, -0.1) is 0 Å². The normalized spacial score (nSPS) is 12.4. The Morgan fingerprint density at radius 2 is 1.90 bits per heavy atom. The Kier molecular flexibility index (Phi) is 5.00. The largest absolute Gasteiger partial charge is 0.384 e. The Hall–Kier alpha value is -2.93. The molecule has 0 aliphatic rings. The van der Waals surface area contributed by atoms with Crippen LogP contribution in [0.2, 0.25) is 0 Å². The van der Waals surface area contributed by atoms with Gasteiger partial charge < -0.3 is 11.1 Å². The summed E-state index contributed by atoms with van der Waals surface area (Å²) in [6.07, 6.45) is 0.824. The highest BCUT2D eigenvalue weighted by atomic mass is 79.9. The monoisotopic (exact) mass is 451 g/mol. The molecule has 1 unspecified atom stereocenters. The van der Waals surface area contributed by atoms with Gasteiger partial charge in [0.05, 0.1) is 11.0 Å². The quantitative estimate of drug-likeness (QED) is 0.468. The van der Waals surface area contributed by atoms with Crippen molar-refractivity contribution in [3.63, 3.8) is 0 Å². The molecule has 4 aromatic rings. The number of aryl methyl sites for hydroxylation is 1. The molecule has 0 saturated carbocycles. The Morgan fingerprint density at radius 1 is 1.21 bits per heavy atom. The predicted octanol–water partition coefficient (Wildman–Crippen LogP) is 4.76. The van der Waals surface area contributed by atoms with Crippen molar-refractivity contribution in [2.45, 2.75) is 33.2 Å². The molecule has 2 aromatic carbocycles. The number of hydrogen-bond donors (Lipinski definition) is 2. The number of rotatable bonds is 4. The molecule has 6 nitrogen and oxygen atoms in total. The van der Waals surface area contributed by atoms with Crippen LogP contribution in [0.5, 0.6) is 0 Å². The van der Waals surface area contributed by atoms with Gasteiger partial charge in [0, 0.05) is 16.2 Å². The first kappa shape index (κ1) is 19.4. The highest BCUT2D eigenvalue weighted by Crippen LogP contribution is 2.32. The SMILES string of the molecule is CCC(C)NC(=O)c1c(N)n(-c2ccc(Br)c(C)c2)c2nc3ccccc3nc12. The molecule has 1 amide bonds. The van der Waals surface area contributed by atoms with Crippen molar-refractivity contribution in [2.24, 2.45) is 0 Å². The summed E-state index contributed by atoms with van der Waals surface area (Å²) >= 11 is 3.53. The van der Waals surface area contributed by atoms with E-state index in [4.69, 9.17) is 15.7 Å². The number of aromatic nitrogens is 3. The molecule has 0 saturated heterocycles. The fourth-order valence-corrected chi connectivity index (χ4v) is 3.56. The van der Waals surface area contributed by atoms with E-state index in [1.54, 1.807) is 4.57 Å². The molecule has 0 aliphatic carbocycles. The minimum absolute atomic E-state index is 0.0311. The van der Waals surface area contributed by atoms with Crippen molar-refractivity contribution >= 4 is 49.9 Å². The summed E-state index contributed by atoms with van der Waals surface area (Å²) in [5, 5.41) is 3.00. The minimum atomic E-state index is -0.237. The van der Waals surface area contributed by atoms with E-state index in [0.717, 1.165) is 33.2 Å². The van der Waals surface area contributed by atoms with Gasteiger partial charge in [-0.2, -0.15) is 0 Å². The minimum Gasteiger partial charge on any atom is -0.384 e. The summed E-state index contributed by atoms with van der Waals surface area (Å²) in [6, 6.07) is 13.6. The fourth-order valence-electron chi connectivity index (χ4n) is 3.31. The van der Waals surface area contributed by atoms with E-state index in [9.17, 15) is 4.79 Å². The second-order valence-electron chi connectivity index (χ2n) is 7.20. The van der Waals surface area contributed by atoms with Crippen LogP contribution < -0.4 is 11.1 Å². The summed E-state index contributed by atoms with van der Waals surface area (Å²) in [5.41, 5.74) is 11.3. The van der Waals surface area contributed by atoms with Gasteiger partial charge in [0.1, 0.15) is 16.9 Å². The topological polar surface area (TPSA) is 85.8 Å². The third-order valence-corrected chi connectivity index (χ3v) is 6.00. The lowest BCUT2D eigenvalue weighted by molar-refractivity contribution is 0.0941. The molecule has 0 bridgehead atoms. The molecule has 2 aromatic heterocycles. The molecule has 148 valence electrons. The Morgan fingerprint density at radius 3 is 2.55 bits per heavy atom. The number of nitrogens with one attached hydrogen (secondary N) is 1. The number of carbonyl (C=O) groups is 1. The van der Waals surface area contributed by atoms with E-state index in [2.05, 4.69) is 21.2 Å². The molecule has 4 rings (SSSR count). The third-order valence-electron chi connectivity index (χ3n) is 5.11. The van der Waals surface area contributed by atoms with Crippen LogP contribution in [-0.2, 0) is 0 Å². The van der Waals surface area contributed by atoms with Gasteiger partial charge in [0.2, 0.25) is 0 Å². The first-order chi connectivity index (χ1) is 13.9. The number of nitrogens with zero attached hydrogens (tertiary/aromatic N) is 3. The summed E-state index contributed by atoms with van der Waals surface area (Å²) in [4.78, 5) is 22.6. The molecule has 7 heteroatoms. The number of carbonyl (C=O) groups excluding carboxylic acids is 1. The molecule has 0 spiro atoms.